The zero-order chi connectivity index (χ0) is 28.4. The van der Waals surface area contributed by atoms with Gasteiger partial charge in [-0.15, -0.1) is 0 Å². The summed E-state index contributed by atoms with van der Waals surface area (Å²) < 4.78 is 0. The van der Waals surface area contributed by atoms with E-state index in [1.165, 1.54) is 11.8 Å². The molecule has 208 valence electrons. The number of carbonyl (C=O) groups excluding carboxylic acids is 2. The number of carboxylic acid groups (broad SMARTS) is 4. The third kappa shape index (κ3) is 18.4. The van der Waals surface area contributed by atoms with Crippen LogP contribution in [0.4, 0.5) is 0 Å². The number of rotatable bonds is 17. The molecule has 0 aromatic rings. The highest BCUT2D eigenvalue weighted by Crippen LogP contribution is 2.06. The lowest BCUT2D eigenvalue weighted by molar-refractivity contribution is -0.142. The lowest BCUT2D eigenvalue weighted by Gasteiger charge is -2.16. The van der Waals surface area contributed by atoms with Crippen LogP contribution in [0.5, 0.6) is 0 Å². The molecular formula is C21H38N4O10S. The Bertz CT molecular complexity index is 750. The summed E-state index contributed by atoms with van der Waals surface area (Å²) in [6, 6.07) is -4.10. The van der Waals surface area contributed by atoms with Gasteiger partial charge in [-0.1, -0.05) is 13.8 Å². The Morgan fingerprint density at radius 1 is 0.694 bits per heavy atom. The minimum absolute atomic E-state index is 0.0178. The predicted octanol–water partition coefficient (Wildman–Crippen LogP) is -0.705. The molecule has 0 saturated carbocycles. The van der Waals surface area contributed by atoms with Crippen LogP contribution in [-0.2, 0) is 28.8 Å². The van der Waals surface area contributed by atoms with Crippen molar-refractivity contribution in [3.8, 4) is 0 Å². The predicted molar refractivity (Wildman–Crippen MR) is 131 cm³/mol. The number of hydrogen-bond donors (Lipinski definition) is 8. The van der Waals surface area contributed by atoms with Crippen LogP contribution in [0.15, 0.2) is 0 Å². The van der Waals surface area contributed by atoms with E-state index in [0.717, 1.165) is 0 Å². The fraction of sp³-hybridized carbons (Fsp3) is 0.714. The number of carboxylic acids is 4. The van der Waals surface area contributed by atoms with Gasteiger partial charge in [-0.05, 0) is 43.6 Å². The molecule has 0 fully saturated rings. The zero-order valence-electron chi connectivity index (χ0n) is 20.6. The first-order chi connectivity index (χ1) is 16.6. The molecule has 0 rings (SSSR count). The van der Waals surface area contributed by atoms with Gasteiger partial charge in [0.05, 0.1) is 0 Å². The number of hydrogen-bond acceptors (Lipinski definition) is 9. The van der Waals surface area contributed by atoms with E-state index < -0.39 is 59.9 Å². The van der Waals surface area contributed by atoms with Crippen LogP contribution in [0.3, 0.4) is 0 Å². The number of carbonyl (C=O) groups is 6. The molecule has 0 aliphatic rings. The second kappa shape index (κ2) is 19.3. The fourth-order valence-corrected chi connectivity index (χ4v) is 3.01. The average molecular weight is 539 g/mol. The zero-order valence-corrected chi connectivity index (χ0v) is 21.5. The second-order valence-electron chi connectivity index (χ2n) is 8.29. The summed E-state index contributed by atoms with van der Waals surface area (Å²) in [6.45, 7) is 3.70. The van der Waals surface area contributed by atoms with Crippen LogP contribution in [-0.4, -0.2) is 92.3 Å². The van der Waals surface area contributed by atoms with Gasteiger partial charge in [0.2, 0.25) is 11.8 Å². The SMILES string of the molecule is CC(C)C[C@H](NC(=O)CC[C@H](N)C(=O)O)C(=O)O.CSCC[C@H](NC(=O)CC[C@H](N)C(=O)O)C(=O)O. The molecule has 36 heavy (non-hydrogen) atoms. The van der Waals surface area contributed by atoms with E-state index in [1.54, 1.807) is 0 Å². The molecule has 0 heterocycles. The quantitative estimate of drug-likeness (QED) is 0.114. The number of nitrogens with one attached hydrogen (secondary N) is 2. The number of amides is 2. The van der Waals surface area contributed by atoms with Gasteiger partial charge in [0, 0.05) is 12.8 Å². The Morgan fingerprint density at radius 3 is 1.39 bits per heavy atom. The molecule has 0 radical (unpaired) electrons. The van der Waals surface area contributed by atoms with Crippen LogP contribution in [0, 0.1) is 5.92 Å². The first-order valence-corrected chi connectivity index (χ1v) is 12.5. The number of thioether (sulfide) groups is 1. The van der Waals surface area contributed by atoms with E-state index in [0.29, 0.717) is 18.6 Å². The molecule has 0 aromatic heterocycles. The summed E-state index contributed by atoms with van der Waals surface area (Å²) in [5, 5.41) is 39.5. The fourth-order valence-electron chi connectivity index (χ4n) is 2.54. The Kier molecular flexibility index (Phi) is 18.9. The van der Waals surface area contributed by atoms with Crippen molar-refractivity contribution in [2.24, 2.45) is 17.4 Å². The molecule has 0 aromatic carbocycles. The van der Waals surface area contributed by atoms with Gasteiger partial charge in [0.1, 0.15) is 24.2 Å². The Labute approximate surface area is 213 Å². The van der Waals surface area contributed by atoms with Gasteiger partial charge in [0.25, 0.3) is 0 Å². The standard InChI is InChI=1S/C11H20N2O5.C10H18N2O5S/c1-6(2)5-8(11(17)18)13-9(14)4-3-7(12)10(15)16;1-18-5-4-7(10(16)17)12-8(13)3-2-6(11)9(14)15/h6-8H,3-5,12H2,1-2H3,(H,13,14)(H,15,16)(H,17,18);6-7H,2-5,11H2,1H3,(H,12,13)(H,14,15)(H,16,17)/t7-,8-;6-,7-/m00/s1. The Hall–Kier alpha value is -2.91. The van der Waals surface area contributed by atoms with Crippen molar-refractivity contribution in [2.45, 2.75) is 76.5 Å². The van der Waals surface area contributed by atoms with Gasteiger partial charge in [0.15, 0.2) is 0 Å². The topological polar surface area (TPSA) is 259 Å². The maximum absolute atomic E-state index is 11.4. The third-order valence-electron chi connectivity index (χ3n) is 4.58. The minimum atomic E-state index is -1.18. The summed E-state index contributed by atoms with van der Waals surface area (Å²) in [5.41, 5.74) is 10.5. The Balaban J connectivity index is 0. The molecular weight excluding hydrogens is 500 g/mol. The largest absolute Gasteiger partial charge is 0.480 e. The first kappa shape index (κ1) is 35.3. The maximum atomic E-state index is 11.4. The van der Waals surface area contributed by atoms with E-state index in [2.05, 4.69) is 10.6 Å². The van der Waals surface area contributed by atoms with Gasteiger partial charge in [-0.2, -0.15) is 11.8 Å². The monoisotopic (exact) mass is 538 g/mol. The van der Waals surface area contributed by atoms with Gasteiger partial charge < -0.3 is 42.5 Å². The van der Waals surface area contributed by atoms with Crippen LogP contribution in [0.25, 0.3) is 0 Å². The third-order valence-corrected chi connectivity index (χ3v) is 5.23. The summed E-state index contributed by atoms with van der Waals surface area (Å²) in [4.78, 5) is 65.5. The van der Waals surface area contributed by atoms with Crippen molar-refractivity contribution >= 4 is 47.5 Å². The molecule has 0 aliphatic heterocycles. The molecule has 0 unspecified atom stereocenters. The van der Waals surface area contributed by atoms with Crippen LogP contribution < -0.4 is 22.1 Å². The van der Waals surface area contributed by atoms with Crippen molar-refractivity contribution in [2.75, 3.05) is 12.0 Å². The van der Waals surface area contributed by atoms with Crippen molar-refractivity contribution in [3.63, 3.8) is 0 Å². The van der Waals surface area contributed by atoms with E-state index in [-0.39, 0.29) is 31.6 Å². The number of aliphatic carboxylic acids is 4. The smallest absolute Gasteiger partial charge is 0.326 e. The van der Waals surface area contributed by atoms with Crippen molar-refractivity contribution in [1.82, 2.24) is 10.6 Å². The highest BCUT2D eigenvalue weighted by atomic mass is 32.2. The summed E-state index contributed by atoms with van der Waals surface area (Å²) in [6.07, 6.45) is 2.25. The van der Waals surface area contributed by atoms with Gasteiger partial charge in [-0.25, -0.2) is 9.59 Å². The second-order valence-corrected chi connectivity index (χ2v) is 9.28. The van der Waals surface area contributed by atoms with Crippen LogP contribution in [0.2, 0.25) is 0 Å². The molecule has 0 bridgehead atoms. The normalized spacial score (nSPS) is 13.8. The highest BCUT2D eigenvalue weighted by molar-refractivity contribution is 7.98. The van der Waals surface area contributed by atoms with Crippen LogP contribution in [0.1, 0.15) is 52.4 Å². The Morgan fingerprint density at radius 2 is 1.08 bits per heavy atom. The van der Waals surface area contributed by atoms with E-state index in [9.17, 15) is 28.8 Å². The van der Waals surface area contributed by atoms with Crippen molar-refractivity contribution in [3.05, 3.63) is 0 Å². The number of nitrogens with two attached hydrogens (primary N) is 2. The molecule has 10 N–H and O–H groups in total. The van der Waals surface area contributed by atoms with Crippen LogP contribution >= 0.6 is 11.8 Å². The summed E-state index contributed by atoms with van der Waals surface area (Å²) in [5.74, 6) is -4.81. The first-order valence-electron chi connectivity index (χ1n) is 11.1. The minimum Gasteiger partial charge on any atom is -0.480 e. The van der Waals surface area contributed by atoms with Crippen molar-refractivity contribution < 1.29 is 49.2 Å². The lowest BCUT2D eigenvalue weighted by Crippen LogP contribution is -2.42. The average Bonchev–Trinajstić information content (AvgIpc) is 2.77. The van der Waals surface area contributed by atoms with E-state index in [4.69, 9.17) is 31.9 Å². The molecule has 0 spiro atoms. The highest BCUT2D eigenvalue weighted by Gasteiger charge is 2.22. The van der Waals surface area contributed by atoms with Gasteiger partial charge in [-0.3, -0.25) is 19.2 Å². The summed E-state index contributed by atoms with van der Waals surface area (Å²) in [7, 11) is 0. The molecule has 4 atom stereocenters. The molecule has 14 nitrogen and oxygen atoms in total. The van der Waals surface area contributed by atoms with Crippen molar-refractivity contribution in [1.29, 1.82) is 0 Å². The van der Waals surface area contributed by atoms with Gasteiger partial charge >= 0.3 is 23.9 Å². The van der Waals surface area contributed by atoms with E-state index >= 15 is 0 Å². The summed E-state index contributed by atoms with van der Waals surface area (Å²) >= 11 is 1.48. The molecule has 0 aliphatic carbocycles. The lowest BCUT2D eigenvalue weighted by atomic mass is 10.0. The van der Waals surface area contributed by atoms with E-state index in [1.807, 2.05) is 20.1 Å². The molecule has 2 amide bonds. The molecule has 0 saturated heterocycles. The maximum Gasteiger partial charge on any atom is 0.326 e. The molecule has 15 heteroatoms.